The van der Waals surface area contributed by atoms with Gasteiger partial charge in [-0.3, -0.25) is 19.2 Å². The molecule has 0 saturated carbocycles. The molecule has 0 bridgehead atoms. The monoisotopic (exact) mass is 487 g/mol. The number of carbonyl (C=O) groups is 4. The number of rotatable bonds is 10. The predicted octanol–water partition coefficient (Wildman–Crippen LogP) is 1.14. The van der Waals surface area contributed by atoms with Gasteiger partial charge in [0.1, 0.15) is 6.54 Å². The van der Waals surface area contributed by atoms with E-state index in [4.69, 9.17) is 10.5 Å². The third-order valence-corrected chi connectivity index (χ3v) is 6.39. The number of thiazole rings is 1. The molecular weight excluding hydrogens is 458 g/mol. The lowest BCUT2D eigenvalue weighted by Gasteiger charge is -2.30. The number of aromatic nitrogens is 1. The first kappa shape index (κ1) is 25.3. The van der Waals surface area contributed by atoms with Gasteiger partial charge in [0.25, 0.3) is 5.91 Å². The van der Waals surface area contributed by atoms with Crippen LogP contribution < -0.4 is 11.1 Å². The summed E-state index contributed by atoms with van der Waals surface area (Å²) in [7, 11) is 1.53. The van der Waals surface area contributed by atoms with Gasteiger partial charge in [0, 0.05) is 43.6 Å². The highest BCUT2D eigenvalue weighted by Gasteiger charge is 2.26. The summed E-state index contributed by atoms with van der Waals surface area (Å²) in [5.41, 5.74) is 6.38. The Morgan fingerprint density at radius 3 is 2.56 bits per heavy atom. The largest absolute Gasteiger partial charge is 0.383 e. The van der Waals surface area contributed by atoms with Crippen LogP contribution in [0.15, 0.2) is 35.7 Å². The normalized spacial score (nSPS) is 14.0. The van der Waals surface area contributed by atoms with Crippen LogP contribution >= 0.6 is 11.3 Å². The highest BCUT2D eigenvalue weighted by Crippen LogP contribution is 2.20. The molecule has 11 heteroatoms. The quantitative estimate of drug-likeness (QED) is 0.516. The second-order valence-electron chi connectivity index (χ2n) is 8.01. The van der Waals surface area contributed by atoms with Crippen molar-refractivity contribution in [1.82, 2.24) is 14.8 Å². The Kier molecular flexibility index (Phi) is 9.11. The van der Waals surface area contributed by atoms with Crippen LogP contribution in [0.3, 0.4) is 0 Å². The molecule has 1 aromatic carbocycles. The molecule has 2 aromatic rings. The molecule has 4 amide bonds. The minimum atomic E-state index is -0.388. The molecule has 1 saturated heterocycles. The van der Waals surface area contributed by atoms with Gasteiger partial charge >= 0.3 is 0 Å². The number of methoxy groups -OCH3 is 1. The van der Waals surface area contributed by atoms with Crippen LogP contribution in [-0.2, 0) is 25.5 Å². The summed E-state index contributed by atoms with van der Waals surface area (Å²) >= 11 is 1.22. The lowest BCUT2D eigenvalue weighted by Crippen LogP contribution is -2.42. The molecule has 182 valence electrons. The number of amides is 4. The Morgan fingerprint density at radius 1 is 1.21 bits per heavy atom. The molecule has 0 unspecified atom stereocenters. The average molecular weight is 488 g/mol. The number of hydrogen-bond donors (Lipinski definition) is 2. The predicted molar refractivity (Wildman–Crippen MR) is 127 cm³/mol. The van der Waals surface area contributed by atoms with Crippen molar-refractivity contribution in [2.75, 3.05) is 45.2 Å². The molecule has 1 aromatic heterocycles. The molecule has 0 atom stereocenters. The van der Waals surface area contributed by atoms with Crippen molar-refractivity contribution in [3.05, 3.63) is 47.0 Å². The lowest BCUT2D eigenvalue weighted by molar-refractivity contribution is -0.134. The Morgan fingerprint density at radius 2 is 1.91 bits per heavy atom. The van der Waals surface area contributed by atoms with Crippen molar-refractivity contribution < 1.29 is 23.9 Å². The van der Waals surface area contributed by atoms with Crippen molar-refractivity contribution in [1.29, 1.82) is 0 Å². The molecule has 1 aliphatic heterocycles. The zero-order chi connectivity index (χ0) is 24.5. The van der Waals surface area contributed by atoms with Gasteiger partial charge in [0.2, 0.25) is 17.7 Å². The van der Waals surface area contributed by atoms with Crippen molar-refractivity contribution in [2.45, 2.75) is 19.3 Å². The molecule has 2 heterocycles. The number of likely N-dealkylation sites (tertiary alicyclic amines) is 1. The SMILES string of the molecule is COCCN(CC(=O)Nc1nc(CC(=O)N2CCC(C(N)=O)CC2)cs1)C(=O)c1ccccc1. The molecule has 3 N–H and O–H groups in total. The van der Waals surface area contributed by atoms with Gasteiger partial charge in [-0.15, -0.1) is 11.3 Å². The summed E-state index contributed by atoms with van der Waals surface area (Å²) in [6.07, 6.45) is 1.25. The van der Waals surface area contributed by atoms with E-state index in [9.17, 15) is 19.2 Å². The van der Waals surface area contributed by atoms with Gasteiger partial charge in [-0.05, 0) is 25.0 Å². The molecule has 1 aliphatic rings. The molecule has 34 heavy (non-hydrogen) atoms. The Labute approximate surface area is 202 Å². The fraction of sp³-hybridized carbons (Fsp3) is 0.435. The fourth-order valence-corrected chi connectivity index (χ4v) is 4.40. The zero-order valence-corrected chi connectivity index (χ0v) is 19.9. The van der Waals surface area contributed by atoms with Gasteiger partial charge in [0.05, 0.1) is 18.7 Å². The van der Waals surface area contributed by atoms with Gasteiger partial charge in [-0.1, -0.05) is 18.2 Å². The summed E-state index contributed by atoms with van der Waals surface area (Å²) in [5.74, 6) is -1.23. The van der Waals surface area contributed by atoms with E-state index < -0.39 is 0 Å². The number of ether oxygens (including phenoxy) is 1. The van der Waals surface area contributed by atoms with E-state index in [-0.39, 0.29) is 49.1 Å². The molecule has 3 rings (SSSR count). The number of piperidine rings is 1. The summed E-state index contributed by atoms with van der Waals surface area (Å²) < 4.78 is 5.07. The summed E-state index contributed by atoms with van der Waals surface area (Å²) in [4.78, 5) is 56.7. The standard InChI is InChI=1S/C23H29N5O5S/c1-33-12-11-28(22(32)17-5-3-2-4-6-17)14-19(29)26-23-25-18(15-34-23)13-20(30)27-9-7-16(8-10-27)21(24)31/h2-6,15-16H,7-14H2,1H3,(H2,24,31)(H,25,26,29). The van der Waals surface area contributed by atoms with E-state index in [0.29, 0.717) is 48.9 Å². The molecule has 0 aliphatic carbocycles. The summed E-state index contributed by atoms with van der Waals surface area (Å²) in [6, 6.07) is 8.73. The van der Waals surface area contributed by atoms with Crippen LogP contribution in [0.2, 0.25) is 0 Å². The number of nitrogens with one attached hydrogen (secondary N) is 1. The van der Waals surface area contributed by atoms with Crippen molar-refractivity contribution in [2.24, 2.45) is 11.7 Å². The smallest absolute Gasteiger partial charge is 0.254 e. The first-order valence-corrected chi connectivity index (χ1v) is 11.9. The summed E-state index contributed by atoms with van der Waals surface area (Å²) in [5, 5.41) is 4.79. The van der Waals surface area contributed by atoms with Gasteiger partial charge in [0.15, 0.2) is 5.13 Å². The maximum absolute atomic E-state index is 12.8. The first-order chi connectivity index (χ1) is 16.4. The van der Waals surface area contributed by atoms with E-state index in [0.717, 1.165) is 0 Å². The third kappa shape index (κ3) is 7.09. The number of nitrogens with zero attached hydrogens (tertiary/aromatic N) is 3. The lowest BCUT2D eigenvalue weighted by atomic mass is 9.96. The van der Waals surface area contributed by atoms with Crippen LogP contribution in [-0.4, -0.2) is 78.3 Å². The second-order valence-corrected chi connectivity index (χ2v) is 8.87. The van der Waals surface area contributed by atoms with E-state index in [1.54, 1.807) is 34.5 Å². The Balaban J connectivity index is 1.53. The van der Waals surface area contributed by atoms with Crippen LogP contribution in [0.25, 0.3) is 0 Å². The van der Waals surface area contributed by atoms with Crippen LogP contribution in [0.1, 0.15) is 28.9 Å². The molecule has 0 radical (unpaired) electrons. The van der Waals surface area contributed by atoms with Crippen LogP contribution in [0.5, 0.6) is 0 Å². The number of nitrogens with two attached hydrogens (primary N) is 1. The average Bonchev–Trinajstić information content (AvgIpc) is 3.28. The number of benzene rings is 1. The van der Waals surface area contributed by atoms with Gasteiger partial charge < -0.3 is 25.6 Å². The number of anilines is 1. The molecular formula is C23H29N5O5S. The van der Waals surface area contributed by atoms with Crippen LogP contribution in [0.4, 0.5) is 5.13 Å². The number of primary amides is 1. The number of hydrogen-bond acceptors (Lipinski definition) is 7. The first-order valence-electron chi connectivity index (χ1n) is 11.0. The summed E-state index contributed by atoms with van der Waals surface area (Å²) in [6.45, 7) is 1.40. The molecule has 0 spiro atoms. The highest BCUT2D eigenvalue weighted by atomic mass is 32.1. The maximum Gasteiger partial charge on any atom is 0.254 e. The highest BCUT2D eigenvalue weighted by molar-refractivity contribution is 7.13. The van der Waals surface area contributed by atoms with E-state index >= 15 is 0 Å². The molecule has 10 nitrogen and oxygen atoms in total. The molecule has 1 fully saturated rings. The fourth-order valence-electron chi connectivity index (χ4n) is 3.68. The third-order valence-electron chi connectivity index (χ3n) is 5.59. The van der Waals surface area contributed by atoms with Crippen molar-refractivity contribution >= 4 is 40.1 Å². The minimum Gasteiger partial charge on any atom is -0.383 e. The van der Waals surface area contributed by atoms with E-state index in [1.807, 2.05) is 6.07 Å². The van der Waals surface area contributed by atoms with Gasteiger partial charge in [-0.25, -0.2) is 4.98 Å². The topological polar surface area (TPSA) is 135 Å². The second kappa shape index (κ2) is 12.2. The Hall–Kier alpha value is -3.31. The number of carbonyl (C=O) groups excluding carboxylic acids is 4. The van der Waals surface area contributed by atoms with Gasteiger partial charge in [-0.2, -0.15) is 0 Å². The maximum atomic E-state index is 12.8. The van der Waals surface area contributed by atoms with E-state index in [2.05, 4.69) is 10.3 Å². The Bertz CT molecular complexity index is 1000. The van der Waals surface area contributed by atoms with Crippen LogP contribution in [0, 0.1) is 5.92 Å². The zero-order valence-electron chi connectivity index (χ0n) is 19.1. The minimum absolute atomic E-state index is 0.0784. The van der Waals surface area contributed by atoms with Crippen molar-refractivity contribution in [3.63, 3.8) is 0 Å². The van der Waals surface area contributed by atoms with E-state index in [1.165, 1.54) is 23.3 Å². The van der Waals surface area contributed by atoms with Crippen molar-refractivity contribution in [3.8, 4) is 0 Å².